The normalized spacial score (nSPS) is 10.6. The smallest absolute Gasteiger partial charge is 0.337 e. The fraction of sp³-hybridized carbons (Fsp3) is 0.462. The summed E-state index contributed by atoms with van der Waals surface area (Å²) < 4.78 is 13.1. The third kappa shape index (κ3) is 2.96. The Balaban J connectivity index is 3.16. The molecule has 0 radical (unpaired) electrons. The first kappa shape index (κ1) is 13.5. The van der Waals surface area contributed by atoms with Crippen molar-refractivity contribution in [2.75, 3.05) is 11.9 Å². The molecule has 94 valence electrons. The predicted octanol–water partition coefficient (Wildman–Crippen LogP) is 3.15. The number of carboxylic acids is 1. The molecule has 1 N–H and O–H groups in total. The summed E-state index contributed by atoms with van der Waals surface area (Å²) in [4.78, 5) is 13.0. The molecule has 3 nitrogen and oxygen atoms in total. The van der Waals surface area contributed by atoms with E-state index in [1.807, 2.05) is 11.9 Å². The molecule has 0 bridgehead atoms. The zero-order chi connectivity index (χ0) is 13.0. The standard InChI is InChI=1S/C13H18FNO2/c1-4-10(5-2)15(3)12-7-6-9(14)8-11(12)13(16)17/h6-8,10H,4-5H2,1-3H3,(H,16,17). The topological polar surface area (TPSA) is 40.5 Å². The molecule has 1 rings (SSSR count). The van der Waals surface area contributed by atoms with Crippen molar-refractivity contribution < 1.29 is 14.3 Å². The fourth-order valence-electron chi connectivity index (χ4n) is 2.02. The van der Waals surface area contributed by atoms with Crippen LogP contribution >= 0.6 is 0 Å². The van der Waals surface area contributed by atoms with Crippen LogP contribution in [0.2, 0.25) is 0 Å². The van der Waals surface area contributed by atoms with Crippen LogP contribution in [0.15, 0.2) is 18.2 Å². The molecule has 1 aromatic carbocycles. The van der Waals surface area contributed by atoms with E-state index in [-0.39, 0.29) is 11.6 Å². The van der Waals surface area contributed by atoms with Crippen LogP contribution in [0.3, 0.4) is 0 Å². The Hall–Kier alpha value is -1.58. The largest absolute Gasteiger partial charge is 0.478 e. The van der Waals surface area contributed by atoms with Gasteiger partial charge in [-0.2, -0.15) is 0 Å². The average Bonchev–Trinajstić information content (AvgIpc) is 2.30. The van der Waals surface area contributed by atoms with Crippen molar-refractivity contribution in [3.8, 4) is 0 Å². The van der Waals surface area contributed by atoms with Gasteiger partial charge in [0.05, 0.1) is 11.3 Å². The van der Waals surface area contributed by atoms with Crippen LogP contribution in [-0.2, 0) is 0 Å². The van der Waals surface area contributed by atoms with Crippen LogP contribution in [0.1, 0.15) is 37.0 Å². The maximum Gasteiger partial charge on any atom is 0.337 e. The molecule has 0 aliphatic heterocycles. The fourth-order valence-corrected chi connectivity index (χ4v) is 2.02. The van der Waals surface area contributed by atoms with Gasteiger partial charge >= 0.3 is 5.97 Å². The molecule has 4 heteroatoms. The van der Waals surface area contributed by atoms with Crippen molar-refractivity contribution in [1.29, 1.82) is 0 Å². The first-order chi connectivity index (χ1) is 8.01. The maximum absolute atomic E-state index is 13.1. The number of hydrogen-bond donors (Lipinski definition) is 1. The Bertz CT molecular complexity index is 402. The number of rotatable bonds is 5. The number of hydrogen-bond acceptors (Lipinski definition) is 2. The minimum atomic E-state index is -1.10. The number of anilines is 1. The molecular weight excluding hydrogens is 221 g/mol. The lowest BCUT2D eigenvalue weighted by molar-refractivity contribution is 0.0697. The number of carbonyl (C=O) groups is 1. The SMILES string of the molecule is CCC(CC)N(C)c1ccc(F)cc1C(=O)O. The molecule has 0 aliphatic carbocycles. The number of halogens is 1. The van der Waals surface area contributed by atoms with Crippen molar-refractivity contribution in [2.24, 2.45) is 0 Å². The Morgan fingerprint density at radius 1 is 1.41 bits per heavy atom. The second-order valence-corrected chi connectivity index (χ2v) is 4.05. The number of aromatic carboxylic acids is 1. The van der Waals surface area contributed by atoms with Crippen LogP contribution < -0.4 is 4.90 Å². The Morgan fingerprint density at radius 3 is 2.47 bits per heavy atom. The van der Waals surface area contributed by atoms with Crippen molar-refractivity contribution in [1.82, 2.24) is 0 Å². The third-order valence-electron chi connectivity index (χ3n) is 3.06. The first-order valence-electron chi connectivity index (χ1n) is 5.76. The van der Waals surface area contributed by atoms with E-state index in [2.05, 4.69) is 13.8 Å². The number of nitrogens with zero attached hydrogens (tertiary/aromatic N) is 1. The summed E-state index contributed by atoms with van der Waals surface area (Å²) >= 11 is 0. The number of benzene rings is 1. The lowest BCUT2D eigenvalue weighted by atomic mass is 10.1. The highest BCUT2D eigenvalue weighted by molar-refractivity contribution is 5.94. The summed E-state index contributed by atoms with van der Waals surface area (Å²) in [6, 6.07) is 4.15. The summed E-state index contributed by atoms with van der Waals surface area (Å²) in [5, 5.41) is 9.07. The molecule has 0 atom stereocenters. The van der Waals surface area contributed by atoms with Crippen LogP contribution in [-0.4, -0.2) is 24.2 Å². The van der Waals surface area contributed by atoms with E-state index in [1.165, 1.54) is 12.1 Å². The van der Waals surface area contributed by atoms with E-state index in [4.69, 9.17) is 5.11 Å². The van der Waals surface area contributed by atoms with Gasteiger partial charge in [0.2, 0.25) is 0 Å². The van der Waals surface area contributed by atoms with Gasteiger partial charge < -0.3 is 10.0 Å². The van der Waals surface area contributed by atoms with Crippen LogP contribution in [0.4, 0.5) is 10.1 Å². The zero-order valence-electron chi connectivity index (χ0n) is 10.4. The number of carboxylic acid groups (broad SMARTS) is 1. The molecular formula is C13H18FNO2. The second kappa shape index (κ2) is 5.66. The highest BCUT2D eigenvalue weighted by Gasteiger charge is 2.18. The molecule has 0 fully saturated rings. The minimum absolute atomic E-state index is 0.0133. The van der Waals surface area contributed by atoms with Crippen molar-refractivity contribution in [2.45, 2.75) is 32.7 Å². The molecule has 0 saturated carbocycles. The average molecular weight is 239 g/mol. The molecule has 1 aromatic rings. The van der Waals surface area contributed by atoms with E-state index >= 15 is 0 Å². The highest BCUT2D eigenvalue weighted by atomic mass is 19.1. The van der Waals surface area contributed by atoms with Crippen molar-refractivity contribution >= 4 is 11.7 Å². The van der Waals surface area contributed by atoms with Gasteiger partial charge in [-0.3, -0.25) is 0 Å². The van der Waals surface area contributed by atoms with Gasteiger partial charge in [0.25, 0.3) is 0 Å². The molecule has 0 unspecified atom stereocenters. The van der Waals surface area contributed by atoms with Gasteiger partial charge in [0.1, 0.15) is 5.82 Å². The lowest BCUT2D eigenvalue weighted by Crippen LogP contribution is -2.31. The molecule has 0 spiro atoms. The van der Waals surface area contributed by atoms with Crippen LogP contribution in [0.5, 0.6) is 0 Å². The monoisotopic (exact) mass is 239 g/mol. The van der Waals surface area contributed by atoms with Gasteiger partial charge in [0.15, 0.2) is 0 Å². The highest BCUT2D eigenvalue weighted by Crippen LogP contribution is 2.24. The quantitative estimate of drug-likeness (QED) is 0.858. The summed E-state index contributed by atoms with van der Waals surface area (Å²) in [6.45, 7) is 4.10. The molecule has 0 aromatic heterocycles. The Kier molecular flexibility index (Phi) is 4.49. The van der Waals surface area contributed by atoms with E-state index in [0.717, 1.165) is 18.9 Å². The summed E-state index contributed by atoms with van der Waals surface area (Å²) in [6.07, 6.45) is 1.84. The molecule has 0 heterocycles. The minimum Gasteiger partial charge on any atom is -0.478 e. The molecule has 0 saturated heterocycles. The van der Waals surface area contributed by atoms with Gasteiger partial charge in [-0.15, -0.1) is 0 Å². The van der Waals surface area contributed by atoms with E-state index in [0.29, 0.717) is 5.69 Å². The van der Waals surface area contributed by atoms with Gasteiger partial charge in [0, 0.05) is 13.1 Å². The summed E-state index contributed by atoms with van der Waals surface area (Å²) in [5.41, 5.74) is 0.576. The Morgan fingerprint density at radius 2 is 2.00 bits per heavy atom. The van der Waals surface area contributed by atoms with Crippen molar-refractivity contribution in [3.63, 3.8) is 0 Å². The van der Waals surface area contributed by atoms with E-state index in [1.54, 1.807) is 0 Å². The van der Waals surface area contributed by atoms with E-state index < -0.39 is 11.8 Å². The Labute approximate surface area is 101 Å². The summed E-state index contributed by atoms with van der Waals surface area (Å²) in [5.74, 6) is -1.62. The lowest BCUT2D eigenvalue weighted by Gasteiger charge is -2.29. The summed E-state index contributed by atoms with van der Waals surface area (Å²) in [7, 11) is 1.84. The third-order valence-corrected chi connectivity index (χ3v) is 3.06. The van der Waals surface area contributed by atoms with Crippen LogP contribution in [0.25, 0.3) is 0 Å². The van der Waals surface area contributed by atoms with Gasteiger partial charge in [-0.25, -0.2) is 9.18 Å². The second-order valence-electron chi connectivity index (χ2n) is 4.05. The molecule has 17 heavy (non-hydrogen) atoms. The predicted molar refractivity (Wildman–Crippen MR) is 66.1 cm³/mol. The molecule has 0 amide bonds. The molecule has 0 aliphatic rings. The van der Waals surface area contributed by atoms with Crippen molar-refractivity contribution in [3.05, 3.63) is 29.6 Å². The van der Waals surface area contributed by atoms with Gasteiger partial charge in [-0.05, 0) is 31.0 Å². The van der Waals surface area contributed by atoms with Gasteiger partial charge in [-0.1, -0.05) is 13.8 Å². The first-order valence-corrected chi connectivity index (χ1v) is 5.76. The maximum atomic E-state index is 13.1. The van der Waals surface area contributed by atoms with Crippen LogP contribution in [0, 0.1) is 5.82 Å². The zero-order valence-corrected chi connectivity index (χ0v) is 10.4. The van der Waals surface area contributed by atoms with E-state index in [9.17, 15) is 9.18 Å².